The van der Waals surface area contributed by atoms with Crippen LogP contribution >= 0.6 is 15.9 Å². The molecule has 3 aliphatic heterocycles. The number of aliphatic hydroxyl groups is 1. The van der Waals surface area contributed by atoms with Crippen molar-refractivity contribution in [3.63, 3.8) is 0 Å². The molecule has 25 heavy (non-hydrogen) atoms. The maximum Gasteiger partial charge on any atom is 0.270 e. The molecule has 0 aromatic heterocycles. The molecule has 0 aliphatic carbocycles. The number of hydrogen-bond acceptors (Lipinski definition) is 6. The first-order valence-electron chi connectivity index (χ1n) is 7.57. The third-order valence-electron chi connectivity index (χ3n) is 5.19. The van der Waals surface area contributed by atoms with Crippen LogP contribution in [0.15, 0.2) is 34.8 Å². The van der Waals surface area contributed by atoms with Gasteiger partial charge in [-0.05, 0) is 28.9 Å². The number of nitro groups is 1. The van der Waals surface area contributed by atoms with Crippen LogP contribution in [0, 0.1) is 22.0 Å². The smallest absolute Gasteiger partial charge is 0.270 e. The van der Waals surface area contributed by atoms with Gasteiger partial charge in [-0.3, -0.25) is 19.7 Å². The molecule has 130 valence electrons. The normalized spacial score (nSPS) is 35.6. The molecule has 2 saturated heterocycles. The standard InChI is InChI=1S/C16H13BrN2O6/c1-15-4-5-16(7-20,25-15)12-11(15)13(21)18(14(12)22)10-3-2-8(19(23)24)6-9(10)17/h2-6,11-12,20H,7H2,1H3/t11-,12-,15+,16+/m1/s1. The highest BCUT2D eigenvalue weighted by molar-refractivity contribution is 9.10. The zero-order valence-electron chi connectivity index (χ0n) is 13.0. The molecule has 0 unspecified atom stereocenters. The molecule has 3 aliphatic rings. The van der Waals surface area contributed by atoms with E-state index in [0.29, 0.717) is 0 Å². The van der Waals surface area contributed by atoms with Crippen molar-refractivity contribution in [3.8, 4) is 0 Å². The molecule has 0 radical (unpaired) electrons. The number of carbonyl (C=O) groups is 2. The highest BCUT2D eigenvalue weighted by atomic mass is 79.9. The van der Waals surface area contributed by atoms with Crippen molar-refractivity contribution in [2.45, 2.75) is 18.1 Å². The summed E-state index contributed by atoms with van der Waals surface area (Å²) >= 11 is 3.20. The molecule has 1 aromatic carbocycles. The maximum atomic E-state index is 13.0. The van der Waals surface area contributed by atoms with Gasteiger partial charge in [0, 0.05) is 16.6 Å². The van der Waals surface area contributed by atoms with Gasteiger partial charge in [0.05, 0.1) is 34.7 Å². The van der Waals surface area contributed by atoms with Gasteiger partial charge in [-0.15, -0.1) is 0 Å². The van der Waals surface area contributed by atoms with Gasteiger partial charge < -0.3 is 9.84 Å². The lowest BCUT2D eigenvalue weighted by atomic mass is 9.73. The highest BCUT2D eigenvalue weighted by Gasteiger charge is 2.72. The molecule has 2 fully saturated rings. The number of ether oxygens (including phenoxy) is 1. The van der Waals surface area contributed by atoms with E-state index in [2.05, 4.69) is 15.9 Å². The van der Waals surface area contributed by atoms with E-state index in [4.69, 9.17) is 4.74 Å². The van der Waals surface area contributed by atoms with Crippen molar-refractivity contribution >= 4 is 39.1 Å². The molecular weight excluding hydrogens is 396 g/mol. The van der Waals surface area contributed by atoms with E-state index in [1.807, 2.05) is 0 Å². The monoisotopic (exact) mass is 408 g/mol. The molecule has 9 heteroatoms. The van der Waals surface area contributed by atoms with Crippen LogP contribution in [0.2, 0.25) is 0 Å². The Morgan fingerprint density at radius 3 is 2.60 bits per heavy atom. The van der Waals surface area contributed by atoms with Crippen LogP contribution in [-0.2, 0) is 14.3 Å². The van der Waals surface area contributed by atoms with Gasteiger partial charge in [-0.25, -0.2) is 4.90 Å². The van der Waals surface area contributed by atoms with E-state index in [0.717, 1.165) is 4.90 Å². The number of nitro benzene ring substituents is 1. The molecule has 8 nitrogen and oxygen atoms in total. The second-order valence-corrected chi connectivity index (χ2v) is 7.45. The largest absolute Gasteiger partial charge is 0.393 e. The van der Waals surface area contributed by atoms with Crippen LogP contribution in [0.3, 0.4) is 0 Å². The number of benzene rings is 1. The van der Waals surface area contributed by atoms with Gasteiger partial charge in [0.15, 0.2) is 0 Å². The second-order valence-electron chi connectivity index (χ2n) is 6.59. The average Bonchev–Trinajstić information content (AvgIpc) is 3.14. The van der Waals surface area contributed by atoms with E-state index in [1.54, 1.807) is 19.1 Å². The van der Waals surface area contributed by atoms with Crippen LogP contribution in [0.25, 0.3) is 0 Å². The molecule has 0 saturated carbocycles. The molecule has 4 rings (SSSR count). The molecule has 1 aromatic rings. The molecule has 4 atom stereocenters. The number of imide groups is 1. The number of rotatable bonds is 3. The number of fused-ring (bicyclic) bond motifs is 5. The topological polar surface area (TPSA) is 110 Å². The van der Waals surface area contributed by atoms with Crippen LogP contribution in [0.1, 0.15) is 6.92 Å². The predicted molar refractivity (Wildman–Crippen MR) is 88.7 cm³/mol. The fourth-order valence-corrected chi connectivity index (χ4v) is 4.61. The number of amides is 2. The molecule has 2 amide bonds. The number of aliphatic hydroxyl groups excluding tert-OH is 1. The van der Waals surface area contributed by atoms with E-state index in [1.165, 1.54) is 18.2 Å². The Labute approximate surface area is 150 Å². The number of carbonyl (C=O) groups excluding carboxylic acids is 2. The van der Waals surface area contributed by atoms with Gasteiger partial charge in [-0.1, -0.05) is 12.2 Å². The van der Waals surface area contributed by atoms with E-state index >= 15 is 0 Å². The number of non-ortho nitro benzene ring substituents is 1. The first-order chi connectivity index (χ1) is 11.7. The Hall–Kier alpha value is -2.10. The Balaban J connectivity index is 1.79. The minimum Gasteiger partial charge on any atom is -0.393 e. The first-order valence-corrected chi connectivity index (χ1v) is 8.36. The lowest BCUT2D eigenvalue weighted by Crippen LogP contribution is -2.43. The van der Waals surface area contributed by atoms with Crippen LogP contribution in [0.4, 0.5) is 11.4 Å². The summed E-state index contributed by atoms with van der Waals surface area (Å²) < 4.78 is 6.11. The van der Waals surface area contributed by atoms with Crippen molar-refractivity contribution in [2.24, 2.45) is 11.8 Å². The lowest BCUT2D eigenvalue weighted by molar-refractivity contribution is -0.384. The fraction of sp³-hybridized carbons (Fsp3) is 0.375. The summed E-state index contributed by atoms with van der Waals surface area (Å²) in [6.45, 7) is 1.31. The average molecular weight is 409 g/mol. The lowest BCUT2D eigenvalue weighted by Gasteiger charge is -2.27. The highest BCUT2D eigenvalue weighted by Crippen LogP contribution is 2.57. The van der Waals surface area contributed by atoms with Gasteiger partial charge >= 0.3 is 0 Å². The molecule has 1 N–H and O–H groups in total. The van der Waals surface area contributed by atoms with Crippen LogP contribution < -0.4 is 4.90 Å². The summed E-state index contributed by atoms with van der Waals surface area (Å²) in [5, 5.41) is 20.7. The van der Waals surface area contributed by atoms with E-state index in [-0.39, 0.29) is 15.8 Å². The van der Waals surface area contributed by atoms with E-state index in [9.17, 15) is 24.8 Å². The molecule has 0 spiro atoms. The first kappa shape index (κ1) is 16.4. The number of hydrogen-bond donors (Lipinski definition) is 1. The Morgan fingerprint density at radius 1 is 1.32 bits per heavy atom. The van der Waals surface area contributed by atoms with Crippen LogP contribution in [0.5, 0.6) is 0 Å². The summed E-state index contributed by atoms with van der Waals surface area (Å²) in [6, 6.07) is 3.85. The summed E-state index contributed by atoms with van der Waals surface area (Å²) in [6.07, 6.45) is 3.36. The molecule has 3 heterocycles. The maximum absolute atomic E-state index is 13.0. The van der Waals surface area contributed by atoms with Crippen molar-refractivity contribution in [1.82, 2.24) is 0 Å². The summed E-state index contributed by atoms with van der Waals surface area (Å²) in [5.41, 5.74) is -2.07. The minimum absolute atomic E-state index is 0.154. The van der Waals surface area contributed by atoms with Crippen molar-refractivity contribution in [1.29, 1.82) is 0 Å². The van der Waals surface area contributed by atoms with Gasteiger partial charge in [0.25, 0.3) is 5.69 Å². The Bertz CT molecular complexity index is 870. The van der Waals surface area contributed by atoms with Crippen molar-refractivity contribution in [3.05, 3.63) is 44.9 Å². The summed E-state index contributed by atoms with van der Waals surface area (Å²) in [7, 11) is 0. The number of nitrogens with zero attached hydrogens (tertiary/aromatic N) is 2. The SMILES string of the molecule is C[C@@]12C=C[C@@](CO)(O1)[C@H]1C(=O)N(c3ccc([N+](=O)[O-])cc3Br)C(=O)[C@@H]12. The van der Waals surface area contributed by atoms with Crippen molar-refractivity contribution < 1.29 is 24.4 Å². The van der Waals surface area contributed by atoms with Crippen LogP contribution in [-0.4, -0.2) is 39.7 Å². The van der Waals surface area contributed by atoms with Gasteiger partial charge in [-0.2, -0.15) is 0 Å². The summed E-state index contributed by atoms with van der Waals surface area (Å²) in [4.78, 5) is 37.3. The quantitative estimate of drug-likeness (QED) is 0.351. The molecular formula is C16H13BrN2O6. The Morgan fingerprint density at radius 2 is 2.00 bits per heavy atom. The van der Waals surface area contributed by atoms with Crippen molar-refractivity contribution in [2.75, 3.05) is 11.5 Å². The Kier molecular flexibility index (Phi) is 3.25. The van der Waals surface area contributed by atoms with Gasteiger partial charge in [0.1, 0.15) is 5.60 Å². The predicted octanol–water partition coefficient (Wildman–Crippen LogP) is 1.55. The fourth-order valence-electron chi connectivity index (χ4n) is 4.07. The third kappa shape index (κ3) is 1.94. The number of anilines is 1. The zero-order chi connectivity index (χ0) is 18.1. The van der Waals surface area contributed by atoms with E-state index < -0.39 is 46.4 Å². The minimum atomic E-state index is -1.20. The zero-order valence-corrected chi connectivity index (χ0v) is 14.6. The third-order valence-corrected chi connectivity index (χ3v) is 5.82. The second kappa shape index (κ2) is 4.96. The van der Waals surface area contributed by atoms with Gasteiger partial charge in [0.2, 0.25) is 11.8 Å². The molecule has 2 bridgehead atoms. The summed E-state index contributed by atoms with van der Waals surface area (Å²) in [5.74, 6) is -2.47. The number of halogens is 1.